The molecule has 2 aromatic carbocycles. The molecule has 3 aromatic rings. The summed E-state index contributed by atoms with van der Waals surface area (Å²) in [6.45, 7) is 2.97. The van der Waals surface area contributed by atoms with Gasteiger partial charge in [-0.1, -0.05) is 48.5 Å². The molecule has 0 radical (unpaired) electrons. The molecule has 0 aliphatic heterocycles. The number of nitrogens with zero attached hydrogens (tertiary/aromatic N) is 2. The van der Waals surface area contributed by atoms with Crippen molar-refractivity contribution in [2.45, 2.75) is 25.8 Å². The van der Waals surface area contributed by atoms with Crippen molar-refractivity contribution in [3.05, 3.63) is 82.4 Å². The molecule has 1 aromatic heterocycles. The average molecular weight is 392 g/mol. The van der Waals surface area contributed by atoms with Gasteiger partial charge in [-0.2, -0.15) is 0 Å². The highest BCUT2D eigenvalue weighted by Gasteiger charge is 2.48. The summed E-state index contributed by atoms with van der Waals surface area (Å²) in [7, 11) is 4.15. The van der Waals surface area contributed by atoms with E-state index in [9.17, 15) is 4.79 Å². The van der Waals surface area contributed by atoms with Crippen LogP contribution in [-0.4, -0.2) is 29.9 Å². The fourth-order valence-electron chi connectivity index (χ4n) is 4.31. The molecule has 1 amide bonds. The van der Waals surface area contributed by atoms with Crippen LogP contribution in [0.15, 0.2) is 60.1 Å². The summed E-state index contributed by atoms with van der Waals surface area (Å²) in [5, 5.41) is 5.58. The van der Waals surface area contributed by atoms with Crippen molar-refractivity contribution in [1.29, 1.82) is 0 Å². The number of hydrogen-bond acceptors (Lipinski definition) is 4. The molecule has 4 rings (SSSR count). The van der Waals surface area contributed by atoms with Crippen molar-refractivity contribution in [3.8, 4) is 0 Å². The SMILES string of the molecule is CN(C)Cc1ccc2c(c1)C(c1ccccc1)C(C)(C(=O)Nc1nccs1)C2. The molecule has 2 atom stereocenters. The number of nitrogens with one attached hydrogen (secondary N) is 1. The van der Waals surface area contributed by atoms with E-state index in [0.29, 0.717) is 5.13 Å². The number of hydrogen-bond donors (Lipinski definition) is 1. The molecule has 0 fully saturated rings. The predicted molar refractivity (Wildman–Crippen MR) is 115 cm³/mol. The second-order valence-corrected chi connectivity index (χ2v) is 8.89. The summed E-state index contributed by atoms with van der Waals surface area (Å²) in [6, 6.07) is 17.1. The van der Waals surface area contributed by atoms with Crippen LogP contribution in [0.3, 0.4) is 0 Å². The monoisotopic (exact) mass is 391 g/mol. The second kappa shape index (κ2) is 7.49. The summed E-state index contributed by atoms with van der Waals surface area (Å²) >= 11 is 1.45. The van der Waals surface area contributed by atoms with E-state index in [-0.39, 0.29) is 11.8 Å². The summed E-state index contributed by atoms with van der Waals surface area (Å²) in [4.78, 5) is 19.8. The molecule has 0 saturated heterocycles. The van der Waals surface area contributed by atoms with Crippen molar-refractivity contribution in [2.24, 2.45) is 5.41 Å². The van der Waals surface area contributed by atoms with E-state index in [0.717, 1.165) is 13.0 Å². The summed E-state index contributed by atoms with van der Waals surface area (Å²) < 4.78 is 0. The van der Waals surface area contributed by atoms with Crippen LogP contribution < -0.4 is 5.32 Å². The topological polar surface area (TPSA) is 45.2 Å². The van der Waals surface area contributed by atoms with Gasteiger partial charge in [-0.25, -0.2) is 4.98 Å². The number of fused-ring (bicyclic) bond motifs is 1. The van der Waals surface area contributed by atoms with Gasteiger partial charge in [0.15, 0.2) is 5.13 Å². The van der Waals surface area contributed by atoms with Crippen LogP contribution in [0.1, 0.15) is 35.1 Å². The third kappa shape index (κ3) is 3.48. The fraction of sp³-hybridized carbons (Fsp3) is 0.304. The Morgan fingerprint density at radius 2 is 2.04 bits per heavy atom. The molecule has 1 N–H and O–H groups in total. The molecule has 144 valence electrons. The number of anilines is 1. The van der Waals surface area contributed by atoms with Crippen molar-refractivity contribution in [1.82, 2.24) is 9.88 Å². The standard InChI is InChI=1S/C23H25N3OS/c1-23(21(27)25-22-24-11-12-28-22)14-18-10-9-16(15-26(2)3)13-19(18)20(23)17-7-5-4-6-8-17/h4-13,20H,14-15H2,1-3H3,(H,24,25,27). The largest absolute Gasteiger partial charge is 0.305 e. The Labute approximate surface area is 170 Å². The Balaban J connectivity index is 1.76. The van der Waals surface area contributed by atoms with Gasteiger partial charge in [-0.15, -0.1) is 11.3 Å². The number of carbonyl (C=O) groups is 1. The maximum absolute atomic E-state index is 13.4. The molecule has 0 spiro atoms. The minimum Gasteiger partial charge on any atom is -0.305 e. The zero-order chi connectivity index (χ0) is 19.7. The van der Waals surface area contributed by atoms with Crippen LogP contribution in [-0.2, 0) is 17.8 Å². The van der Waals surface area contributed by atoms with E-state index >= 15 is 0 Å². The second-order valence-electron chi connectivity index (χ2n) is 8.00. The molecular weight excluding hydrogens is 366 g/mol. The van der Waals surface area contributed by atoms with Gasteiger partial charge in [0.1, 0.15) is 0 Å². The predicted octanol–water partition coefficient (Wildman–Crippen LogP) is 4.54. The van der Waals surface area contributed by atoms with Gasteiger partial charge < -0.3 is 10.2 Å². The van der Waals surface area contributed by atoms with Crippen LogP contribution in [0.25, 0.3) is 0 Å². The van der Waals surface area contributed by atoms with Gasteiger partial charge in [0.05, 0.1) is 5.41 Å². The fourth-order valence-corrected chi connectivity index (χ4v) is 4.83. The molecule has 0 saturated carbocycles. The van der Waals surface area contributed by atoms with Crippen molar-refractivity contribution >= 4 is 22.4 Å². The number of rotatable bonds is 5. The number of carbonyl (C=O) groups excluding carboxylic acids is 1. The number of benzene rings is 2. The molecule has 5 heteroatoms. The maximum Gasteiger partial charge on any atom is 0.233 e. The van der Waals surface area contributed by atoms with E-state index in [2.05, 4.69) is 78.7 Å². The highest BCUT2D eigenvalue weighted by molar-refractivity contribution is 7.13. The van der Waals surface area contributed by atoms with E-state index in [1.54, 1.807) is 6.20 Å². The van der Waals surface area contributed by atoms with Crippen LogP contribution in [0.2, 0.25) is 0 Å². The normalized spacial score (nSPS) is 20.9. The van der Waals surface area contributed by atoms with E-state index in [1.807, 2.05) is 11.4 Å². The van der Waals surface area contributed by atoms with E-state index < -0.39 is 5.41 Å². The Bertz CT molecular complexity index is 969. The minimum atomic E-state index is -0.563. The smallest absolute Gasteiger partial charge is 0.233 e. The van der Waals surface area contributed by atoms with Crippen LogP contribution in [0, 0.1) is 5.41 Å². The number of thiazole rings is 1. The van der Waals surface area contributed by atoms with Crippen molar-refractivity contribution < 1.29 is 4.79 Å². The van der Waals surface area contributed by atoms with Gasteiger partial charge in [0.2, 0.25) is 5.91 Å². The summed E-state index contributed by atoms with van der Waals surface area (Å²) in [5.74, 6) is 0.0486. The third-order valence-corrected chi connectivity index (χ3v) is 6.21. The molecule has 28 heavy (non-hydrogen) atoms. The zero-order valence-corrected chi connectivity index (χ0v) is 17.3. The molecule has 0 bridgehead atoms. The molecule has 1 aliphatic carbocycles. The number of aromatic nitrogens is 1. The lowest BCUT2D eigenvalue weighted by Crippen LogP contribution is -2.37. The summed E-state index contributed by atoms with van der Waals surface area (Å²) in [6.07, 6.45) is 2.44. The molecule has 2 unspecified atom stereocenters. The lowest BCUT2D eigenvalue weighted by atomic mass is 9.73. The first-order chi connectivity index (χ1) is 13.5. The molecule has 1 heterocycles. The van der Waals surface area contributed by atoms with Crippen molar-refractivity contribution in [3.63, 3.8) is 0 Å². The Hall–Kier alpha value is -2.50. The van der Waals surface area contributed by atoms with E-state index in [1.165, 1.54) is 33.6 Å². The van der Waals surface area contributed by atoms with Crippen molar-refractivity contribution in [2.75, 3.05) is 19.4 Å². The van der Waals surface area contributed by atoms with Gasteiger partial charge >= 0.3 is 0 Å². The first-order valence-corrected chi connectivity index (χ1v) is 10.4. The van der Waals surface area contributed by atoms with Gasteiger partial charge in [0, 0.05) is 24.0 Å². The maximum atomic E-state index is 13.4. The van der Waals surface area contributed by atoms with E-state index in [4.69, 9.17) is 0 Å². The number of amides is 1. The quantitative estimate of drug-likeness (QED) is 0.695. The molecular formula is C23H25N3OS. The summed E-state index contributed by atoms with van der Waals surface area (Å²) in [5.41, 5.74) is 4.41. The van der Waals surface area contributed by atoms with Crippen LogP contribution in [0.5, 0.6) is 0 Å². The minimum absolute atomic E-state index is 0.0192. The lowest BCUT2D eigenvalue weighted by molar-refractivity contribution is -0.125. The van der Waals surface area contributed by atoms with Crippen LogP contribution in [0.4, 0.5) is 5.13 Å². The first kappa shape index (κ1) is 18.8. The Morgan fingerprint density at radius 3 is 2.71 bits per heavy atom. The van der Waals surface area contributed by atoms with Crippen LogP contribution >= 0.6 is 11.3 Å². The third-order valence-electron chi connectivity index (χ3n) is 5.52. The highest BCUT2D eigenvalue weighted by atomic mass is 32.1. The zero-order valence-electron chi connectivity index (χ0n) is 16.5. The van der Waals surface area contributed by atoms with Gasteiger partial charge in [-0.3, -0.25) is 4.79 Å². The Morgan fingerprint density at radius 1 is 1.25 bits per heavy atom. The molecule has 4 nitrogen and oxygen atoms in total. The average Bonchev–Trinajstić information content (AvgIpc) is 3.27. The lowest BCUT2D eigenvalue weighted by Gasteiger charge is -2.31. The first-order valence-electron chi connectivity index (χ1n) is 9.50. The van der Waals surface area contributed by atoms with Gasteiger partial charge in [0.25, 0.3) is 0 Å². The highest BCUT2D eigenvalue weighted by Crippen LogP contribution is 2.51. The molecule has 1 aliphatic rings. The van der Waals surface area contributed by atoms with Gasteiger partial charge in [-0.05, 0) is 49.7 Å². The Kier molecular flexibility index (Phi) is 5.04.